The first-order valence-electron chi connectivity index (χ1n) is 2.09. The third-order valence-corrected chi connectivity index (χ3v) is 0.965. The molecule has 1 aromatic rings. The van der Waals surface area contributed by atoms with Crippen molar-refractivity contribution in [1.29, 1.82) is 0 Å². The van der Waals surface area contributed by atoms with Crippen LogP contribution in [0.25, 0.3) is 0 Å². The number of rotatable bonds is 0. The summed E-state index contributed by atoms with van der Waals surface area (Å²) >= 11 is 5.10. The standard InChI is InChI=1S/C5HClF2N/c6-5-4(8)1-3(7)2-9-5/h2H. The summed E-state index contributed by atoms with van der Waals surface area (Å²) < 4.78 is 24.0. The molecule has 0 unspecified atom stereocenters. The SMILES string of the molecule is Fc1[c]c(F)c(Cl)nc1. The van der Waals surface area contributed by atoms with E-state index in [9.17, 15) is 8.78 Å². The zero-order valence-corrected chi connectivity index (χ0v) is 4.91. The molecule has 1 aromatic heterocycles. The molecule has 47 valence electrons. The van der Waals surface area contributed by atoms with E-state index in [2.05, 4.69) is 4.98 Å². The van der Waals surface area contributed by atoms with Crippen molar-refractivity contribution in [2.24, 2.45) is 0 Å². The van der Waals surface area contributed by atoms with Crippen LogP contribution in [0.2, 0.25) is 5.15 Å². The topological polar surface area (TPSA) is 12.9 Å². The summed E-state index contributed by atoms with van der Waals surface area (Å²) in [7, 11) is 0. The highest BCUT2D eigenvalue weighted by atomic mass is 35.5. The van der Waals surface area contributed by atoms with Gasteiger partial charge in [-0.05, 0) is 0 Å². The van der Waals surface area contributed by atoms with Gasteiger partial charge in [-0.15, -0.1) is 0 Å². The molecule has 1 nitrogen and oxygen atoms in total. The monoisotopic (exact) mass is 148 g/mol. The highest BCUT2D eigenvalue weighted by Gasteiger charge is 2.00. The van der Waals surface area contributed by atoms with Crippen LogP contribution in [0.4, 0.5) is 8.78 Å². The zero-order chi connectivity index (χ0) is 6.85. The average molecular weight is 149 g/mol. The van der Waals surface area contributed by atoms with E-state index in [0.29, 0.717) is 0 Å². The lowest BCUT2D eigenvalue weighted by Crippen LogP contribution is -1.84. The molecule has 0 spiro atoms. The van der Waals surface area contributed by atoms with E-state index in [4.69, 9.17) is 11.6 Å². The van der Waals surface area contributed by atoms with Gasteiger partial charge in [0, 0.05) is 0 Å². The number of halogens is 3. The fraction of sp³-hybridized carbons (Fsp3) is 0. The number of hydrogen-bond acceptors (Lipinski definition) is 1. The van der Waals surface area contributed by atoms with Gasteiger partial charge in [-0.1, -0.05) is 11.6 Å². The van der Waals surface area contributed by atoms with Crippen molar-refractivity contribution >= 4 is 11.6 Å². The smallest absolute Gasteiger partial charge is 0.171 e. The van der Waals surface area contributed by atoms with Crippen LogP contribution in [0.15, 0.2) is 6.20 Å². The second-order valence-corrected chi connectivity index (χ2v) is 1.69. The van der Waals surface area contributed by atoms with Crippen molar-refractivity contribution in [3.8, 4) is 0 Å². The maximum absolute atomic E-state index is 12.1. The van der Waals surface area contributed by atoms with Crippen molar-refractivity contribution in [3.63, 3.8) is 0 Å². The Balaban J connectivity index is 3.17. The Hall–Kier alpha value is -0.700. The minimum absolute atomic E-state index is 0.364. The van der Waals surface area contributed by atoms with Crippen LogP contribution in [0.1, 0.15) is 0 Å². The molecule has 0 bridgehead atoms. The summed E-state index contributed by atoms with van der Waals surface area (Å²) in [5.74, 6) is -1.81. The predicted molar refractivity (Wildman–Crippen MR) is 28.0 cm³/mol. The van der Waals surface area contributed by atoms with Crippen molar-refractivity contribution in [1.82, 2.24) is 4.98 Å². The molecule has 4 heteroatoms. The largest absolute Gasteiger partial charge is 0.238 e. The van der Waals surface area contributed by atoms with Crippen molar-refractivity contribution < 1.29 is 8.78 Å². The quantitative estimate of drug-likeness (QED) is 0.512. The molecule has 0 atom stereocenters. The molecule has 1 heterocycles. The van der Waals surface area contributed by atoms with Crippen molar-refractivity contribution in [3.05, 3.63) is 29.1 Å². The fourth-order valence-electron chi connectivity index (χ4n) is 0.359. The highest BCUT2D eigenvalue weighted by Crippen LogP contribution is 2.09. The Labute approximate surface area is 55.3 Å². The van der Waals surface area contributed by atoms with Gasteiger partial charge in [0.25, 0.3) is 0 Å². The first kappa shape index (κ1) is 6.42. The number of hydrogen-bond donors (Lipinski definition) is 0. The van der Waals surface area contributed by atoms with Crippen LogP contribution in [-0.2, 0) is 0 Å². The first-order valence-corrected chi connectivity index (χ1v) is 2.47. The molecule has 0 aliphatic heterocycles. The Morgan fingerprint density at radius 2 is 2.22 bits per heavy atom. The third kappa shape index (κ3) is 1.36. The van der Waals surface area contributed by atoms with Crippen LogP contribution >= 0.6 is 11.6 Å². The average Bonchev–Trinajstić information content (AvgIpc) is 1.80. The van der Waals surface area contributed by atoms with Gasteiger partial charge in [-0.2, -0.15) is 0 Å². The van der Waals surface area contributed by atoms with Gasteiger partial charge < -0.3 is 0 Å². The highest BCUT2D eigenvalue weighted by molar-refractivity contribution is 6.29. The molecule has 0 aromatic carbocycles. The molecule has 1 rings (SSSR count). The Morgan fingerprint density at radius 1 is 1.56 bits per heavy atom. The molecule has 9 heavy (non-hydrogen) atoms. The molecule has 0 fully saturated rings. The summed E-state index contributed by atoms with van der Waals surface area (Å²) in [6.07, 6.45) is 0.797. The van der Waals surface area contributed by atoms with Crippen molar-refractivity contribution in [2.45, 2.75) is 0 Å². The van der Waals surface area contributed by atoms with Gasteiger partial charge in [-0.25, -0.2) is 13.8 Å². The number of pyridine rings is 1. The lowest BCUT2D eigenvalue weighted by atomic mass is 10.5. The maximum Gasteiger partial charge on any atom is 0.171 e. The van der Waals surface area contributed by atoms with E-state index in [1.165, 1.54) is 0 Å². The minimum atomic E-state index is -0.961. The van der Waals surface area contributed by atoms with Gasteiger partial charge in [0.15, 0.2) is 16.8 Å². The lowest BCUT2D eigenvalue weighted by molar-refractivity contribution is 0.569. The zero-order valence-electron chi connectivity index (χ0n) is 4.16. The van der Waals surface area contributed by atoms with Gasteiger partial charge in [0.1, 0.15) is 0 Å². The molecule has 0 saturated heterocycles. The molecule has 0 amide bonds. The second kappa shape index (κ2) is 2.27. The van der Waals surface area contributed by atoms with Crippen LogP contribution in [0.3, 0.4) is 0 Å². The summed E-state index contributed by atoms with van der Waals surface area (Å²) in [4.78, 5) is 3.16. The van der Waals surface area contributed by atoms with Gasteiger partial charge in [0.2, 0.25) is 0 Å². The molecule has 0 N–H and O–H groups in total. The summed E-state index contributed by atoms with van der Waals surface area (Å²) in [5, 5.41) is -0.364. The first-order chi connectivity index (χ1) is 4.20. The van der Waals surface area contributed by atoms with Gasteiger partial charge in [-0.3, -0.25) is 0 Å². The molecular weight excluding hydrogens is 148 g/mol. The summed E-state index contributed by atoms with van der Waals surface area (Å²) in [6, 6.07) is 1.71. The van der Waals surface area contributed by atoms with Crippen molar-refractivity contribution in [2.75, 3.05) is 0 Å². The van der Waals surface area contributed by atoms with Crippen LogP contribution in [0.5, 0.6) is 0 Å². The minimum Gasteiger partial charge on any atom is -0.238 e. The number of nitrogens with zero attached hydrogens (tertiary/aromatic N) is 1. The van der Waals surface area contributed by atoms with Crippen LogP contribution < -0.4 is 0 Å². The molecule has 0 aliphatic rings. The van der Waals surface area contributed by atoms with Crippen LogP contribution in [-0.4, -0.2) is 4.98 Å². The van der Waals surface area contributed by atoms with Gasteiger partial charge in [0.05, 0.1) is 12.3 Å². The molecular formula is C5HClF2N. The third-order valence-electron chi connectivity index (χ3n) is 0.702. The van der Waals surface area contributed by atoms with E-state index in [-0.39, 0.29) is 5.15 Å². The van der Waals surface area contributed by atoms with Crippen LogP contribution in [0, 0.1) is 17.7 Å². The van der Waals surface area contributed by atoms with E-state index in [1.807, 2.05) is 0 Å². The molecule has 1 radical (unpaired) electrons. The Kier molecular flexibility index (Phi) is 1.62. The Bertz CT molecular complexity index is 226. The van der Waals surface area contributed by atoms with E-state index >= 15 is 0 Å². The lowest BCUT2D eigenvalue weighted by Gasteiger charge is -1.88. The van der Waals surface area contributed by atoms with E-state index in [0.717, 1.165) is 6.20 Å². The molecule has 0 aliphatic carbocycles. The second-order valence-electron chi connectivity index (χ2n) is 1.34. The number of aromatic nitrogens is 1. The predicted octanol–water partition coefficient (Wildman–Crippen LogP) is 1.81. The maximum atomic E-state index is 12.1. The Morgan fingerprint density at radius 3 is 2.67 bits per heavy atom. The normalized spacial score (nSPS) is 9.67. The molecule has 0 saturated carbocycles. The van der Waals surface area contributed by atoms with E-state index in [1.54, 1.807) is 6.07 Å². The van der Waals surface area contributed by atoms with Gasteiger partial charge >= 0.3 is 0 Å². The van der Waals surface area contributed by atoms with E-state index < -0.39 is 11.6 Å². The summed E-state index contributed by atoms with van der Waals surface area (Å²) in [6.45, 7) is 0. The fourth-order valence-corrected chi connectivity index (χ4v) is 0.455. The summed E-state index contributed by atoms with van der Waals surface area (Å²) in [5.41, 5.74) is 0.